The minimum atomic E-state index is -0.230. The molecule has 2 aliphatic heterocycles. The monoisotopic (exact) mass is 325 g/mol. The van der Waals surface area contributed by atoms with Crippen LogP contribution in [0.2, 0.25) is 0 Å². The number of carbonyl (C=O) groups is 1. The summed E-state index contributed by atoms with van der Waals surface area (Å²) < 4.78 is 5.13. The number of methoxy groups -OCH3 is 1. The maximum absolute atomic E-state index is 12.9. The van der Waals surface area contributed by atoms with Gasteiger partial charge >= 0.3 is 0 Å². The SMILES string of the molecule is COCCN1CCC2(CCN(c3nccc4ccccc34)C2)C1=O. The molecule has 1 aromatic heterocycles. The molecule has 2 fully saturated rings. The van der Waals surface area contributed by atoms with Crippen molar-refractivity contribution in [1.29, 1.82) is 0 Å². The van der Waals surface area contributed by atoms with Gasteiger partial charge in [-0.1, -0.05) is 24.3 Å². The Morgan fingerprint density at radius 2 is 2.04 bits per heavy atom. The summed E-state index contributed by atoms with van der Waals surface area (Å²) in [5.41, 5.74) is -0.230. The van der Waals surface area contributed by atoms with Crippen molar-refractivity contribution in [3.63, 3.8) is 0 Å². The minimum Gasteiger partial charge on any atom is -0.383 e. The maximum Gasteiger partial charge on any atom is 0.230 e. The summed E-state index contributed by atoms with van der Waals surface area (Å²) in [4.78, 5) is 21.8. The van der Waals surface area contributed by atoms with Crippen LogP contribution in [0.3, 0.4) is 0 Å². The van der Waals surface area contributed by atoms with Gasteiger partial charge in [0.2, 0.25) is 5.91 Å². The number of hydrogen-bond donors (Lipinski definition) is 0. The highest BCUT2D eigenvalue weighted by Crippen LogP contribution is 2.42. The van der Waals surface area contributed by atoms with E-state index in [9.17, 15) is 4.79 Å². The van der Waals surface area contributed by atoms with Crippen molar-refractivity contribution in [3.05, 3.63) is 36.5 Å². The zero-order valence-electron chi connectivity index (χ0n) is 14.1. The first-order valence-corrected chi connectivity index (χ1v) is 8.60. The Morgan fingerprint density at radius 3 is 2.92 bits per heavy atom. The molecule has 5 heteroatoms. The van der Waals surface area contributed by atoms with Crippen molar-refractivity contribution in [1.82, 2.24) is 9.88 Å². The van der Waals surface area contributed by atoms with Crippen LogP contribution in [-0.4, -0.2) is 55.7 Å². The zero-order chi connectivity index (χ0) is 16.6. The summed E-state index contributed by atoms with van der Waals surface area (Å²) in [6.45, 7) is 3.82. The lowest BCUT2D eigenvalue weighted by atomic mass is 9.85. The molecule has 1 atom stereocenters. The number of amides is 1. The first kappa shape index (κ1) is 15.4. The van der Waals surface area contributed by atoms with Gasteiger partial charge in [0.15, 0.2) is 0 Å². The van der Waals surface area contributed by atoms with Crippen molar-refractivity contribution < 1.29 is 9.53 Å². The first-order valence-electron chi connectivity index (χ1n) is 8.60. The van der Waals surface area contributed by atoms with E-state index in [1.54, 1.807) is 7.11 Å². The van der Waals surface area contributed by atoms with E-state index in [0.717, 1.165) is 38.3 Å². The molecule has 2 saturated heterocycles. The molecule has 1 amide bonds. The van der Waals surface area contributed by atoms with E-state index >= 15 is 0 Å². The van der Waals surface area contributed by atoms with Gasteiger partial charge in [0, 0.05) is 44.9 Å². The molecule has 4 rings (SSSR count). The third-order valence-electron chi connectivity index (χ3n) is 5.47. The van der Waals surface area contributed by atoms with Crippen molar-refractivity contribution in [2.24, 2.45) is 5.41 Å². The Labute approximate surface area is 142 Å². The number of aromatic nitrogens is 1. The fourth-order valence-electron chi connectivity index (χ4n) is 4.10. The van der Waals surface area contributed by atoms with E-state index in [1.807, 2.05) is 29.3 Å². The summed E-state index contributed by atoms with van der Waals surface area (Å²) in [7, 11) is 1.68. The summed E-state index contributed by atoms with van der Waals surface area (Å²) in [6.07, 6.45) is 3.72. The van der Waals surface area contributed by atoms with Crippen LogP contribution >= 0.6 is 0 Å². The number of benzene rings is 1. The molecule has 0 radical (unpaired) electrons. The quantitative estimate of drug-likeness (QED) is 0.865. The van der Waals surface area contributed by atoms with Crippen LogP contribution in [-0.2, 0) is 9.53 Å². The minimum absolute atomic E-state index is 0.230. The molecular weight excluding hydrogens is 302 g/mol. The molecule has 24 heavy (non-hydrogen) atoms. The van der Waals surface area contributed by atoms with Crippen molar-refractivity contribution in [2.45, 2.75) is 12.8 Å². The molecule has 3 heterocycles. The van der Waals surface area contributed by atoms with Gasteiger partial charge in [-0.2, -0.15) is 0 Å². The number of anilines is 1. The van der Waals surface area contributed by atoms with Gasteiger partial charge < -0.3 is 14.5 Å². The Balaban J connectivity index is 1.57. The maximum atomic E-state index is 12.9. The number of hydrogen-bond acceptors (Lipinski definition) is 4. The largest absolute Gasteiger partial charge is 0.383 e. The van der Waals surface area contributed by atoms with E-state index in [1.165, 1.54) is 10.8 Å². The molecule has 1 unspecified atom stereocenters. The first-order chi connectivity index (χ1) is 11.7. The average molecular weight is 325 g/mol. The predicted octanol–water partition coefficient (Wildman–Crippen LogP) is 2.31. The number of likely N-dealkylation sites (tertiary alicyclic amines) is 1. The fraction of sp³-hybridized carbons (Fsp3) is 0.474. The van der Waals surface area contributed by atoms with Gasteiger partial charge in [-0.25, -0.2) is 4.98 Å². The molecule has 1 aromatic carbocycles. The number of nitrogens with zero attached hydrogens (tertiary/aromatic N) is 3. The zero-order valence-corrected chi connectivity index (χ0v) is 14.1. The van der Waals surface area contributed by atoms with Crippen LogP contribution in [0.4, 0.5) is 5.82 Å². The highest BCUT2D eigenvalue weighted by atomic mass is 16.5. The fourth-order valence-corrected chi connectivity index (χ4v) is 4.10. The highest BCUT2D eigenvalue weighted by Gasteiger charge is 2.50. The second-order valence-electron chi connectivity index (χ2n) is 6.84. The van der Waals surface area contributed by atoms with Gasteiger partial charge in [-0.05, 0) is 24.3 Å². The standard InChI is InChI=1S/C19H23N3O2/c1-24-13-12-21-10-7-19(18(21)23)8-11-22(14-19)17-16-5-3-2-4-15(16)6-9-20-17/h2-6,9H,7-8,10-14H2,1H3. The smallest absolute Gasteiger partial charge is 0.230 e. The van der Waals surface area contributed by atoms with Gasteiger partial charge in [0.05, 0.1) is 12.0 Å². The Morgan fingerprint density at radius 1 is 1.21 bits per heavy atom. The molecule has 0 saturated carbocycles. The van der Waals surface area contributed by atoms with Crippen LogP contribution in [0.5, 0.6) is 0 Å². The molecule has 1 spiro atoms. The highest BCUT2D eigenvalue weighted by molar-refractivity contribution is 5.93. The van der Waals surface area contributed by atoms with E-state index in [2.05, 4.69) is 22.0 Å². The molecule has 2 aliphatic rings. The lowest BCUT2D eigenvalue weighted by Crippen LogP contribution is -2.38. The van der Waals surface area contributed by atoms with Gasteiger partial charge in [-0.3, -0.25) is 4.79 Å². The second-order valence-corrected chi connectivity index (χ2v) is 6.84. The van der Waals surface area contributed by atoms with E-state index in [0.29, 0.717) is 19.1 Å². The third-order valence-corrected chi connectivity index (χ3v) is 5.47. The van der Waals surface area contributed by atoms with Gasteiger partial charge in [0.25, 0.3) is 0 Å². The second kappa shape index (κ2) is 6.06. The Hall–Kier alpha value is -2.14. The van der Waals surface area contributed by atoms with Gasteiger partial charge in [0.1, 0.15) is 5.82 Å². The van der Waals surface area contributed by atoms with Crippen molar-refractivity contribution in [3.8, 4) is 0 Å². The molecular formula is C19H23N3O2. The lowest BCUT2D eigenvalue weighted by molar-refractivity contribution is -0.135. The molecule has 0 aliphatic carbocycles. The molecule has 126 valence electrons. The van der Waals surface area contributed by atoms with E-state index in [4.69, 9.17) is 4.74 Å². The predicted molar refractivity (Wildman–Crippen MR) is 94.1 cm³/mol. The number of fused-ring (bicyclic) bond motifs is 1. The van der Waals surface area contributed by atoms with Crippen LogP contribution in [0.15, 0.2) is 36.5 Å². The number of pyridine rings is 1. The van der Waals surface area contributed by atoms with E-state index in [-0.39, 0.29) is 5.41 Å². The molecule has 0 bridgehead atoms. The topological polar surface area (TPSA) is 45.7 Å². The van der Waals surface area contributed by atoms with Crippen molar-refractivity contribution >= 4 is 22.5 Å². The third kappa shape index (κ3) is 2.44. The van der Waals surface area contributed by atoms with Crippen LogP contribution in [0, 0.1) is 5.41 Å². The Kier molecular flexibility index (Phi) is 3.88. The van der Waals surface area contributed by atoms with Crippen LogP contribution in [0.25, 0.3) is 10.8 Å². The summed E-state index contributed by atoms with van der Waals surface area (Å²) in [5, 5.41) is 2.36. The lowest BCUT2D eigenvalue weighted by Gasteiger charge is -2.24. The van der Waals surface area contributed by atoms with Crippen LogP contribution in [0.1, 0.15) is 12.8 Å². The molecule has 0 N–H and O–H groups in total. The summed E-state index contributed by atoms with van der Waals surface area (Å²) >= 11 is 0. The molecule has 2 aromatic rings. The average Bonchev–Trinajstić information content (AvgIpc) is 3.18. The van der Waals surface area contributed by atoms with Crippen molar-refractivity contribution in [2.75, 3.05) is 44.8 Å². The normalized spacial score (nSPS) is 23.8. The molecule has 5 nitrogen and oxygen atoms in total. The number of carbonyl (C=O) groups excluding carboxylic acids is 1. The summed E-state index contributed by atoms with van der Waals surface area (Å²) in [5.74, 6) is 1.30. The Bertz CT molecular complexity index is 758. The van der Waals surface area contributed by atoms with Crippen LogP contribution < -0.4 is 4.90 Å². The summed E-state index contributed by atoms with van der Waals surface area (Å²) in [6, 6.07) is 10.4. The van der Waals surface area contributed by atoms with Gasteiger partial charge in [-0.15, -0.1) is 0 Å². The van der Waals surface area contributed by atoms with E-state index < -0.39 is 0 Å². The number of rotatable bonds is 4. The number of ether oxygens (including phenoxy) is 1.